The first kappa shape index (κ1) is 23.5. The quantitative estimate of drug-likeness (QED) is 0.432. The molecule has 1 aliphatic heterocycles. The number of benzene rings is 1. The number of carbonyl (C=O) groups is 1. The third kappa shape index (κ3) is 5.62. The second-order valence-electron chi connectivity index (χ2n) is 8.01. The molecule has 1 N–H and O–H groups in total. The molecule has 0 atom stereocenters. The molecule has 8 heteroatoms. The van der Waals surface area contributed by atoms with Gasteiger partial charge in [0.1, 0.15) is 10.8 Å². The number of nitrogens with zero attached hydrogens (tertiary/aromatic N) is 2. The SMILES string of the molecule is COCCN(CCOC)CCC(=O)Cc1sc2c(c1-c1nc3ccccc3s1)CCNC2. The van der Waals surface area contributed by atoms with Gasteiger partial charge in [0.2, 0.25) is 0 Å². The third-order valence-electron chi connectivity index (χ3n) is 5.80. The zero-order valence-corrected chi connectivity index (χ0v) is 20.4. The van der Waals surface area contributed by atoms with Crippen LogP contribution in [0.3, 0.4) is 0 Å². The Morgan fingerprint density at radius 1 is 1.12 bits per heavy atom. The zero-order chi connectivity index (χ0) is 22.3. The van der Waals surface area contributed by atoms with Gasteiger partial charge in [-0.25, -0.2) is 4.98 Å². The lowest BCUT2D eigenvalue weighted by Crippen LogP contribution is -2.32. The molecule has 0 fully saturated rings. The molecule has 32 heavy (non-hydrogen) atoms. The van der Waals surface area contributed by atoms with Gasteiger partial charge in [0.25, 0.3) is 0 Å². The molecule has 0 spiro atoms. The molecule has 172 valence electrons. The molecule has 4 rings (SSSR count). The molecule has 0 amide bonds. The van der Waals surface area contributed by atoms with E-state index in [9.17, 15) is 4.79 Å². The molecular formula is C24H31N3O3S2. The predicted octanol–water partition coefficient (Wildman–Crippen LogP) is 3.77. The summed E-state index contributed by atoms with van der Waals surface area (Å²) in [6.45, 7) is 5.52. The Kier molecular flexibility index (Phi) is 8.40. The molecular weight excluding hydrogens is 442 g/mol. The summed E-state index contributed by atoms with van der Waals surface area (Å²) in [6.07, 6.45) is 2.01. The summed E-state index contributed by atoms with van der Waals surface area (Å²) in [4.78, 5) is 22.7. The minimum absolute atomic E-state index is 0.277. The Morgan fingerprint density at radius 2 is 1.91 bits per heavy atom. The van der Waals surface area contributed by atoms with Crippen LogP contribution in [0.1, 0.15) is 21.7 Å². The molecule has 0 saturated carbocycles. The van der Waals surface area contributed by atoms with Gasteiger partial charge in [-0.05, 0) is 30.7 Å². The van der Waals surface area contributed by atoms with Gasteiger partial charge < -0.3 is 14.8 Å². The van der Waals surface area contributed by atoms with Crippen molar-refractivity contribution in [3.63, 3.8) is 0 Å². The van der Waals surface area contributed by atoms with Crippen LogP contribution < -0.4 is 5.32 Å². The van der Waals surface area contributed by atoms with Gasteiger partial charge >= 0.3 is 0 Å². The number of Topliss-reactive ketones (excluding diaryl/α,β-unsaturated/α-hetero) is 1. The van der Waals surface area contributed by atoms with Crippen molar-refractivity contribution in [2.75, 3.05) is 53.6 Å². The fourth-order valence-corrected chi connectivity index (χ4v) is 6.55. The topological polar surface area (TPSA) is 63.7 Å². The van der Waals surface area contributed by atoms with E-state index in [2.05, 4.69) is 28.4 Å². The van der Waals surface area contributed by atoms with Gasteiger partial charge in [0, 0.05) is 68.6 Å². The molecule has 3 aromatic rings. The lowest BCUT2D eigenvalue weighted by Gasteiger charge is -2.21. The highest BCUT2D eigenvalue weighted by atomic mass is 32.1. The standard InChI is InChI=1S/C24H31N3O3S2/c1-29-13-11-27(12-14-30-2)10-8-17(28)15-21-23(18-7-9-25-16-22(18)31-21)24-26-19-5-3-4-6-20(19)32-24/h3-6,25H,7-16H2,1-2H3. The maximum atomic E-state index is 13.0. The fraction of sp³-hybridized carbons (Fsp3) is 0.500. The summed E-state index contributed by atoms with van der Waals surface area (Å²) in [5.41, 5.74) is 3.64. The highest BCUT2D eigenvalue weighted by Crippen LogP contribution is 2.41. The Balaban J connectivity index is 1.51. The molecule has 2 aromatic heterocycles. The monoisotopic (exact) mass is 473 g/mol. The van der Waals surface area contributed by atoms with Crippen LogP contribution in [0.5, 0.6) is 0 Å². The number of para-hydroxylation sites is 1. The normalized spacial score (nSPS) is 13.7. The van der Waals surface area contributed by atoms with E-state index in [1.165, 1.54) is 25.6 Å². The molecule has 1 aromatic carbocycles. The van der Waals surface area contributed by atoms with Crippen LogP contribution >= 0.6 is 22.7 Å². The number of aromatic nitrogens is 1. The molecule has 0 bridgehead atoms. The summed E-state index contributed by atoms with van der Waals surface area (Å²) >= 11 is 3.52. The van der Waals surface area contributed by atoms with Gasteiger partial charge in [-0.2, -0.15) is 0 Å². The van der Waals surface area contributed by atoms with Crippen molar-refractivity contribution >= 4 is 38.7 Å². The number of nitrogens with one attached hydrogen (secondary N) is 1. The largest absolute Gasteiger partial charge is 0.383 e. The van der Waals surface area contributed by atoms with E-state index in [1.807, 2.05) is 6.07 Å². The van der Waals surface area contributed by atoms with Crippen LogP contribution in [0.2, 0.25) is 0 Å². The summed E-state index contributed by atoms with van der Waals surface area (Å²) < 4.78 is 11.6. The van der Waals surface area contributed by atoms with E-state index in [-0.39, 0.29) is 5.78 Å². The fourth-order valence-electron chi connectivity index (χ4n) is 4.07. The first-order valence-corrected chi connectivity index (χ1v) is 12.7. The van der Waals surface area contributed by atoms with Crippen LogP contribution in [0.25, 0.3) is 20.8 Å². The summed E-state index contributed by atoms with van der Waals surface area (Å²) in [7, 11) is 3.41. The van der Waals surface area contributed by atoms with Crippen molar-refractivity contribution in [1.29, 1.82) is 0 Å². The number of rotatable bonds is 12. The number of carbonyl (C=O) groups excluding carboxylic acids is 1. The predicted molar refractivity (Wildman–Crippen MR) is 132 cm³/mol. The lowest BCUT2D eigenvalue weighted by molar-refractivity contribution is -0.118. The lowest BCUT2D eigenvalue weighted by atomic mass is 10.0. The number of thiophene rings is 1. The average Bonchev–Trinajstić information content (AvgIpc) is 3.39. The third-order valence-corrected chi connectivity index (χ3v) is 8.08. The smallest absolute Gasteiger partial charge is 0.139 e. The van der Waals surface area contributed by atoms with Crippen molar-refractivity contribution in [1.82, 2.24) is 15.2 Å². The van der Waals surface area contributed by atoms with Crippen molar-refractivity contribution in [3.05, 3.63) is 39.6 Å². The second kappa shape index (κ2) is 11.4. The number of fused-ring (bicyclic) bond motifs is 2. The number of ether oxygens (including phenoxy) is 2. The van der Waals surface area contributed by atoms with Gasteiger partial charge in [0.15, 0.2) is 0 Å². The van der Waals surface area contributed by atoms with Crippen molar-refractivity contribution in [2.24, 2.45) is 0 Å². The Bertz CT molecular complexity index is 1010. The molecule has 0 radical (unpaired) electrons. The molecule has 6 nitrogen and oxygen atoms in total. The highest BCUT2D eigenvalue weighted by molar-refractivity contribution is 7.22. The van der Waals surface area contributed by atoms with Crippen LogP contribution in [0, 0.1) is 0 Å². The summed E-state index contributed by atoms with van der Waals surface area (Å²) in [5.74, 6) is 0.277. The van der Waals surface area contributed by atoms with Crippen LogP contribution in [0.15, 0.2) is 24.3 Å². The maximum absolute atomic E-state index is 13.0. The number of hydrogen-bond acceptors (Lipinski definition) is 8. The first-order valence-electron chi connectivity index (χ1n) is 11.1. The summed E-state index contributed by atoms with van der Waals surface area (Å²) in [6, 6.07) is 8.27. The minimum Gasteiger partial charge on any atom is -0.383 e. The average molecular weight is 474 g/mol. The number of methoxy groups -OCH3 is 2. The Morgan fingerprint density at radius 3 is 2.66 bits per heavy atom. The molecule has 0 aliphatic carbocycles. The van der Waals surface area contributed by atoms with Gasteiger partial charge in [-0.15, -0.1) is 22.7 Å². The van der Waals surface area contributed by atoms with E-state index in [0.29, 0.717) is 26.1 Å². The van der Waals surface area contributed by atoms with E-state index in [4.69, 9.17) is 14.5 Å². The number of thiazole rings is 1. The molecule has 0 saturated heterocycles. The zero-order valence-electron chi connectivity index (χ0n) is 18.8. The van der Waals surface area contributed by atoms with E-state index < -0.39 is 0 Å². The van der Waals surface area contributed by atoms with E-state index >= 15 is 0 Å². The summed E-state index contributed by atoms with van der Waals surface area (Å²) in [5, 5.41) is 4.52. The van der Waals surface area contributed by atoms with Crippen molar-refractivity contribution in [3.8, 4) is 10.6 Å². The molecule has 1 aliphatic rings. The van der Waals surface area contributed by atoms with Gasteiger partial charge in [-0.1, -0.05) is 12.1 Å². The van der Waals surface area contributed by atoms with E-state index in [1.54, 1.807) is 36.9 Å². The number of hydrogen-bond donors (Lipinski definition) is 1. The highest BCUT2D eigenvalue weighted by Gasteiger charge is 2.25. The van der Waals surface area contributed by atoms with Crippen molar-refractivity contribution in [2.45, 2.75) is 25.8 Å². The van der Waals surface area contributed by atoms with Crippen LogP contribution in [-0.4, -0.2) is 69.3 Å². The van der Waals surface area contributed by atoms with Crippen LogP contribution in [0.4, 0.5) is 0 Å². The van der Waals surface area contributed by atoms with Gasteiger partial charge in [0.05, 0.1) is 23.4 Å². The Hall–Kier alpha value is -1.68. The van der Waals surface area contributed by atoms with Crippen molar-refractivity contribution < 1.29 is 14.3 Å². The van der Waals surface area contributed by atoms with Crippen LogP contribution in [-0.2, 0) is 33.7 Å². The number of ketones is 1. The molecule has 0 unspecified atom stereocenters. The Labute approximate surface area is 197 Å². The first-order chi connectivity index (χ1) is 15.7. The maximum Gasteiger partial charge on any atom is 0.139 e. The molecule has 3 heterocycles. The van der Waals surface area contributed by atoms with Gasteiger partial charge in [-0.3, -0.25) is 9.69 Å². The minimum atomic E-state index is 0.277. The second-order valence-corrected chi connectivity index (χ2v) is 10.2. The van der Waals surface area contributed by atoms with E-state index in [0.717, 1.165) is 49.7 Å².